The number of rotatable bonds is 17. The highest BCUT2D eigenvalue weighted by Gasteiger charge is 2.34. The van der Waals surface area contributed by atoms with Gasteiger partial charge in [0, 0.05) is 46.8 Å². The minimum atomic E-state index is -4.17. The summed E-state index contributed by atoms with van der Waals surface area (Å²) in [5.74, 6) is -6.45. The zero-order valence-electron chi connectivity index (χ0n) is 23.8. The Kier molecular flexibility index (Phi) is 12.6. The predicted molar refractivity (Wildman–Crippen MR) is 164 cm³/mol. The highest BCUT2D eigenvalue weighted by Crippen LogP contribution is 2.42. The SMILES string of the molecule is NC(=O)[C@H](CCC(=O)O)NC(=O)[C@H](CCC(=O)O)NC(=O)[C@H](Cc1cc(-c2ccccc2)no1)CP(=O)(O)c1ccc(Br)cc1. The average molecular weight is 707 g/mol. The second kappa shape index (κ2) is 16.1. The number of carbonyl (C=O) groups excluding carboxylic acids is 3. The molecule has 0 aliphatic rings. The van der Waals surface area contributed by atoms with Gasteiger partial charge in [-0.15, -0.1) is 0 Å². The number of carboxylic acid groups (broad SMARTS) is 2. The van der Waals surface area contributed by atoms with Gasteiger partial charge in [0.25, 0.3) is 0 Å². The molecule has 1 aromatic heterocycles. The van der Waals surface area contributed by atoms with Crippen molar-refractivity contribution in [3.63, 3.8) is 0 Å². The van der Waals surface area contributed by atoms with Gasteiger partial charge in [0.15, 0.2) is 0 Å². The molecule has 14 nitrogen and oxygen atoms in total. The molecule has 4 atom stereocenters. The van der Waals surface area contributed by atoms with Crippen molar-refractivity contribution < 1.29 is 48.2 Å². The van der Waals surface area contributed by atoms with Crippen molar-refractivity contribution >= 4 is 58.3 Å². The minimum absolute atomic E-state index is 0.0777. The Labute approximate surface area is 265 Å². The maximum atomic E-state index is 13.7. The van der Waals surface area contributed by atoms with Crippen LogP contribution in [0.2, 0.25) is 0 Å². The van der Waals surface area contributed by atoms with Crippen molar-refractivity contribution in [2.75, 3.05) is 6.16 Å². The van der Waals surface area contributed by atoms with Crippen LogP contribution in [-0.2, 0) is 35.0 Å². The minimum Gasteiger partial charge on any atom is -0.481 e. The smallest absolute Gasteiger partial charge is 0.303 e. The Morgan fingerprint density at radius 2 is 1.47 bits per heavy atom. The predicted octanol–water partition coefficient (Wildman–Crippen LogP) is 2.04. The summed E-state index contributed by atoms with van der Waals surface area (Å²) in [7, 11) is -4.17. The third kappa shape index (κ3) is 11.0. The molecular weight excluding hydrogens is 675 g/mol. The molecule has 16 heteroatoms. The molecule has 0 aliphatic carbocycles. The van der Waals surface area contributed by atoms with Gasteiger partial charge >= 0.3 is 11.9 Å². The third-order valence-corrected chi connectivity index (χ3v) is 9.30. The van der Waals surface area contributed by atoms with Gasteiger partial charge in [-0.3, -0.25) is 28.5 Å². The van der Waals surface area contributed by atoms with Crippen molar-refractivity contribution in [2.45, 2.75) is 44.2 Å². The summed E-state index contributed by atoms with van der Waals surface area (Å²) < 4.78 is 19.6. The number of benzene rings is 2. The Balaban J connectivity index is 1.89. The topological polar surface area (TPSA) is 239 Å². The number of amides is 3. The van der Waals surface area contributed by atoms with Crippen molar-refractivity contribution in [2.24, 2.45) is 11.7 Å². The largest absolute Gasteiger partial charge is 0.481 e. The van der Waals surface area contributed by atoms with Crippen LogP contribution >= 0.6 is 23.3 Å². The Morgan fingerprint density at radius 3 is 2.04 bits per heavy atom. The lowest BCUT2D eigenvalue weighted by Gasteiger charge is -2.24. The molecule has 2 aromatic carbocycles. The molecule has 3 aromatic rings. The zero-order chi connectivity index (χ0) is 33.1. The van der Waals surface area contributed by atoms with E-state index in [1.807, 2.05) is 6.07 Å². The zero-order valence-corrected chi connectivity index (χ0v) is 26.3. The van der Waals surface area contributed by atoms with Crippen LogP contribution in [0.1, 0.15) is 31.4 Å². The van der Waals surface area contributed by atoms with Crippen LogP contribution in [0.25, 0.3) is 11.3 Å². The molecule has 0 radical (unpaired) electrons. The second-order valence-corrected chi connectivity index (χ2v) is 13.4. The number of aromatic nitrogens is 1. The van der Waals surface area contributed by atoms with Crippen LogP contribution in [-0.4, -0.2) is 68.2 Å². The van der Waals surface area contributed by atoms with Gasteiger partial charge < -0.3 is 36.0 Å². The van der Waals surface area contributed by atoms with Gasteiger partial charge in [-0.05, 0) is 37.1 Å². The Morgan fingerprint density at radius 1 is 0.889 bits per heavy atom. The number of carbonyl (C=O) groups is 5. The van der Waals surface area contributed by atoms with E-state index in [4.69, 9.17) is 15.4 Å². The number of carboxylic acids is 2. The van der Waals surface area contributed by atoms with E-state index >= 15 is 0 Å². The molecule has 0 saturated carbocycles. The summed E-state index contributed by atoms with van der Waals surface area (Å²) in [6.45, 7) is 0. The molecule has 45 heavy (non-hydrogen) atoms. The Bertz CT molecular complexity index is 1560. The van der Waals surface area contributed by atoms with Crippen LogP contribution < -0.4 is 21.7 Å². The number of aliphatic carboxylic acids is 2. The molecule has 0 aliphatic heterocycles. The molecular formula is C29H32BrN4O10P. The molecule has 0 fully saturated rings. The molecule has 240 valence electrons. The fraction of sp³-hybridized carbons (Fsp3) is 0.310. The average Bonchev–Trinajstić information content (AvgIpc) is 3.45. The fourth-order valence-electron chi connectivity index (χ4n) is 4.37. The van der Waals surface area contributed by atoms with E-state index in [0.717, 1.165) is 5.56 Å². The van der Waals surface area contributed by atoms with Gasteiger partial charge in [0.05, 0.1) is 5.92 Å². The Hall–Kier alpha value is -4.33. The van der Waals surface area contributed by atoms with Crippen molar-refractivity contribution in [1.82, 2.24) is 15.8 Å². The van der Waals surface area contributed by atoms with E-state index in [-0.39, 0.29) is 23.9 Å². The van der Waals surface area contributed by atoms with E-state index in [9.17, 15) is 38.5 Å². The van der Waals surface area contributed by atoms with Gasteiger partial charge in [0.1, 0.15) is 23.5 Å². The number of nitrogens with zero attached hydrogens (tertiary/aromatic N) is 1. The van der Waals surface area contributed by atoms with E-state index in [1.165, 1.54) is 12.1 Å². The number of nitrogens with one attached hydrogen (secondary N) is 2. The second-order valence-electron chi connectivity index (χ2n) is 10.2. The summed E-state index contributed by atoms with van der Waals surface area (Å²) in [6.07, 6.45) is -2.58. The number of nitrogens with two attached hydrogens (primary N) is 1. The number of primary amides is 1. The van der Waals surface area contributed by atoms with E-state index in [1.54, 1.807) is 42.5 Å². The molecule has 0 saturated heterocycles. The molecule has 3 amide bonds. The van der Waals surface area contributed by atoms with Crippen LogP contribution in [0, 0.1) is 5.92 Å². The molecule has 7 N–H and O–H groups in total. The summed E-state index contributed by atoms with van der Waals surface area (Å²) >= 11 is 3.27. The molecule has 0 spiro atoms. The molecule has 1 heterocycles. The number of halogens is 1. The first-order valence-corrected chi connectivity index (χ1v) is 16.3. The van der Waals surface area contributed by atoms with Crippen molar-refractivity contribution in [1.29, 1.82) is 0 Å². The lowest BCUT2D eigenvalue weighted by atomic mass is 10.0. The third-order valence-electron chi connectivity index (χ3n) is 6.73. The number of hydrogen-bond donors (Lipinski definition) is 6. The summed E-state index contributed by atoms with van der Waals surface area (Å²) in [4.78, 5) is 71.9. The first-order valence-electron chi connectivity index (χ1n) is 13.7. The highest BCUT2D eigenvalue weighted by atomic mass is 79.9. The fourth-order valence-corrected chi connectivity index (χ4v) is 6.35. The first-order chi connectivity index (χ1) is 21.2. The maximum Gasteiger partial charge on any atom is 0.303 e. The lowest BCUT2D eigenvalue weighted by Crippen LogP contribution is -2.54. The molecule has 0 bridgehead atoms. The quantitative estimate of drug-likeness (QED) is 0.111. The van der Waals surface area contributed by atoms with E-state index in [0.29, 0.717) is 10.2 Å². The summed E-state index contributed by atoms with van der Waals surface area (Å²) in [5.41, 5.74) is 6.49. The highest BCUT2D eigenvalue weighted by molar-refractivity contribution is 9.10. The maximum absolute atomic E-state index is 13.7. The monoisotopic (exact) mass is 706 g/mol. The molecule has 1 unspecified atom stereocenters. The van der Waals surface area contributed by atoms with Gasteiger partial charge in [-0.2, -0.15) is 0 Å². The van der Waals surface area contributed by atoms with E-state index in [2.05, 4.69) is 31.7 Å². The summed E-state index contributed by atoms with van der Waals surface area (Å²) in [5, 5.41) is 27.0. The molecule has 3 rings (SSSR count). The normalized spacial score (nSPS) is 14.4. The number of hydrogen-bond acceptors (Lipinski definition) is 8. The van der Waals surface area contributed by atoms with Crippen LogP contribution in [0.15, 0.2) is 69.7 Å². The van der Waals surface area contributed by atoms with Crippen molar-refractivity contribution in [3.8, 4) is 11.3 Å². The van der Waals surface area contributed by atoms with E-state index < -0.39 is 80.5 Å². The summed E-state index contributed by atoms with van der Waals surface area (Å²) in [6, 6.07) is 13.7. The van der Waals surface area contributed by atoms with Gasteiger partial charge in [0.2, 0.25) is 25.1 Å². The first kappa shape index (κ1) is 35.2. The van der Waals surface area contributed by atoms with Gasteiger partial charge in [-0.1, -0.05) is 51.4 Å². The lowest BCUT2D eigenvalue weighted by molar-refractivity contribution is -0.139. The van der Waals surface area contributed by atoms with Crippen LogP contribution in [0.4, 0.5) is 0 Å². The van der Waals surface area contributed by atoms with Crippen molar-refractivity contribution in [3.05, 3.63) is 70.9 Å². The van der Waals surface area contributed by atoms with Crippen LogP contribution in [0.5, 0.6) is 0 Å². The van der Waals surface area contributed by atoms with Gasteiger partial charge in [-0.25, -0.2) is 0 Å². The standard InChI is InChI=1S/C29H32BrN4O10P/c30-19-6-8-21(9-7-19)45(42,43)16-18(14-20-15-24(34-44-20)17-4-2-1-3-5-17)28(40)33-23(11-13-26(37)38)29(41)32-22(27(31)39)10-12-25(35)36/h1-9,15,18,22-23H,10-14,16H2,(H2,31,39)(H,32,41)(H,33,40)(H,35,36)(H,37,38)(H,42,43)/t18-,22+,23+/m1/s1. The van der Waals surface area contributed by atoms with Crippen LogP contribution in [0.3, 0.4) is 0 Å².